The predicted octanol–water partition coefficient (Wildman–Crippen LogP) is 1.51. The second kappa shape index (κ2) is 5.97. The van der Waals surface area contributed by atoms with Crippen molar-refractivity contribution in [2.45, 2.75) is 51.7 Å². The van der Waals surface area contributed by atoms with Gasteiger partial charge in [0.2, 0.25) is 0 Å². The van der Waals surface area contributed by atoms with Crippen molar-refractivity contribution < 1.29 is 0 Å². The minimum atomic E-state index is 0.534. The number of aryl methyl sites for hydroxylation is 2. The molecule has 5 heteroatoms. The molecule has 1 aromatic heterocycles. The lowest BCUT2D eigenvalue weighted by Gasteiger charge is -2.31. The van der Waals surface area contributed by atoms with Crippen LogP contribution >= 0.6 is 0 Å². The molecule has 2 aliphatic rings. The highest BCUT2D eigenvalue weighted by molar-refractivity contribution is 5.51. The second-order valence-corrected chi connectivity index (χ2v) is 6.82. The third-order valence-electron chi connectivity index (χ3n) is 4.78. The molecule has 0 bridgehead atoms. The van der Waals surface area contributed by atoms with Gasteiger partial charge in [-0.2, -0.15) is 5.10 Å². The lowest BCUT2D eigenvalue weighted by molar-refractivity contribution is 0.336. The molecule has 3 rings (SSSR count). The topological polar surface area (TPSA) is 36.3 Å². The first kappa shape index (κ1) is 14.9. The number of likely N-dealkylation sites (N-methyl/N-ethyl adjacent to an activating group) is 1. The van der Waals surface area contributed by atoms with Crippen LogP contribution in [0, 0.1) is 6.92 Å². The summed E-state index contributed by atoms with van der Waals surface area (Å²) in [6.07, 6.45) is 3.89. The number of rotatable bonds is 4. The first-order valence-electron chi connectivity index (χ1n) is 8.27. The van der Waals surface area contributed by atoms with Crippen LogP contribution in [0.1, 0.15) is 37.4 Å². The van der Waals surface area contributed by atoms with Crippen LogP contribution in [0.2, 0.25) is 0 Å². The maximum atomic E-state index is 4.69. The van der Waals surface area contributed by atoms with Gasteiger partial charge < -0.3 is 15.1 Å². The van der Waals surface area contributed by atoms with Crippen molar-refractivity contribution in [1.82, 2.24) is 20.0 Å². The Morgan fingerprint density at radius 1 is 1.24 bits per heavy atom. The summed E-state index contributed by atoms with van der Waals surface area (Å²) in [5, 5.41) is 8.35. The highest BCUT2D eigenvalue weighted by Gasteiger charge is 2.27. The molecule has 118 valence electrons. The summed E-state index contributed by atoms with van der Waals surface area (Å²) in [4.78, 5) is 5.00. The number of hydrogen-bond donors (Lipinski definition) is 1. The fourth-order valence-electron chi connectivity index (χ4n) is 3.48. The van der Waals surface area contributed by atoms with E-state index in [1.165, 1.54) is 42.9 Å². The zero-order valence-corrected chi connectivity index (χ0v) is 13.9. The summed E-state index contributed by atoms with van der Waals surface area (Å²) in [6.45, 7) is 8.87. The van der Waals surface area contributed by atoms with E-state index in [4.69, 9.17) is 5.10 Å². The minimum absolute atomic E-state index is 0.534. The van der Waals surface area contributed by atoms with E-state index in [0.717, 1.165) is 25.7 Å². The van der Waals surface area contributed by atoms with Gasteiger partial charge in [0, 0.05) is 44.3 Å². The molecule has 1 atom stereocenters. The monoisotopic (exact) mass is 291 g/mol. The lowest BCUT2D eigenvalue weighted by atomic mass is 10.2. The Morgan fingerprint density at radius 2 is 2.00 bits per heavy atom. The Hall–Kier alpha value is -1.07. The molecule has 0 amide bonds. The molecule has 5 nitrogen and oxygen atoms in total. The molecule has 0 radical (unpaired) electrons. The zero-order valence-electron chi connectivity index (χ0n) is 13.9. The Bertz CT molecular complexity index is 491. The first-order chi connectivity index (χ1) is 10.1. The van der Waals surface area contributed by atoms with Crippen molar-refractivity contribution in [1.29, 1.82) is 0 Å². The summed E-state index contributed by atoms with van der Waals surface area (Å²) < 4.78 is 2.08. The van der Waals surface area contributed by atoms with Gasteiger partial charge in [-0.05, 0) is 46.7 Å². The molecule has 0 spiro atoms. The van der Waals surface area contributed by atoms with Crippen LogP contribution in [0.4, 0.5) is 5.82 Å². The van der Waals surface area contributed by atoms with E-state index in [1.54, 1.807) is 0 Å². The first-order valence-corrected chi connectivity index (χ1v) is 8.27. The number of anilines is 1. The van der Waals surface area contributed by atoms with Crippen LogP contribution in [-0.2, 0) is 13.6 Å². The zero-order chi connectivity index (χ0) is 15.0. The summed E-state index contributed by atoms with van der Waals surface area (Å²) in [6, 6.07) is 1.28. The molecule has 1 aromatic rings. The molecule has 1 unspecified atom stereocenters. The van der Waals surface area contributed by atoms with Gasteiger partial charge in [0.25, 0.3) is 0 Å². The predicted molar refractivity (Wildman–Crippen MR) is 86.7 cm³/mol. The van der Waals surface area contributed by atoms with E-state index in [0.29, 0.717) is 6.04 Å². The maximum Gasteiger partial charge on any atom is 0.131 e. The van der Waals surface area contributed by atoms with Gasteiger partial charge in [-0.25, -0.2) is 0 Å². The van der Waals surface area contributed by atoms with Crippen LogP contribution in [0.3, 0.4) is 0 Å². The van der Waals surface area contributed by atoms with E-state index >= 15 is 0 Å². The van der Waals surface area contributed by atoms with Gasteiger partial charge in [0.1, 0.15) is 5.82 Å². The minimum Gasteiger partial charge on any atom is -0.353 e. The lowest BCUT2D eigenvalue weighted by Crippen LogP contribution is -2.39. The summed E-state index contributed by atoms with van der Waals surface area (Å²) in [7, 11) is 4.31. The van der Waals surface area contributed by atoms with Crippen LogP contribution in [0.25, 0.3) is 0 Å². The molecule has 21 heavy (non-hydrogen) atoms. The standard InChI is InChI=1S/C16H29N5/c1-12-11-19(3)8-5-9-21(12)16-15(10-17-14-6-7-14)13(2)18-20(16)4/h12,14,17H,5-11H2,1-4H3. The molecular formula is C16H29N5. The molecule has 2 heterocycles. The SMILES string of the molecule is Cc1nn(C)c(N2CCCN(C)CC2C)c1CNC1CC1. The Morgan fingerprint density at radius 3 is 2.71 bits per heavy atom. The average molecular weight is 291 g/mol. The summed E-state index contributed by atoms with van der Waals surface area (Å²) in [5.74, 6) is 1.32. The van der Waals surface area contributed by atoms with Gasteiger partial charge >= 0.3 is 0 Å². The molecular weight excluding hydrogens is 262 g/mol. The van der Waals surface area contributed by atoms with Crippen molar-refractivity contribution in [3.63, 3.8) is 0 Å². The largest absolute Gasteiger partial charge is 0.353 e. The van der Waals surface area contributed by atoms with Gasteiger partial charge in [0.05, 0.1) is 5.69 Å². The molecule has 1 aliphatic heterocycles. The van der Waals surface area contributed by atoms with Gasteiger partial charge in [0.15, 0.2) is 0 Å². The fraction of sp³-hybridized carbons (Fsp3) is 0.812. The summed E-state index contributed by atoms with van der Waals surface area (Å²) in [5.41, 5.74) is 2.56. The quantitative estimate of drug-likeness (QED) is 0.912. The van der Waals surface area contributed by atoms with Crippen molar-refractivity contribution >= 4 is 5.82 Å². The number of nitrogens with one attached hydrogen (secondary N) is 1. The third-order valence-corrected chi connectivity index (χ3v) is 4.78. The third kappa shape index (κ3) is 3.24. The fourth-order valence-corrected chi connectivity index (χ4v) is 3.48. The van der Waals surface area contributed by atoms with Crippen molar-refractivity contribution in [2.24, 2.45) is 7.05 Å². The van der Waals surface area contributed by atoms with Gasteiger partial charge in [-0.3, -0.25) is 4.68 Å². The van der Waals surface area contributed by atoms with Crippen LogP contribution in [0.15, 0.2) is 0 Å². The molecule has 1 aliphatic carbocycles. The van der Waals surface area contributed by atoms with E-state index in [9.17, 15) is 0 Å². The van der Waals surface area contributed by atoms with Crippen molar-refractivity contribution in [3.8, 4) is 0 Å². The Balaban J connectivity index is 1.84. The highest BCUT2D eigenvalue weighted by Crippen LogP contribution is 2.28. The van der Waals surface area contributed by atoms with E-state index in [-0.39, 0.29) is 0 Å². The molecule has 2 fully saturated rings. The highest BCUT2D eigenvalue weighted by atomic mass is 15.4. The van der Waals surface area contributed by atoms with E-state index < -0.39 is 0 Å². The molecule has 1 N–H and O–H groups in total. The van der Waals surface area contributed by atoms with Gasteiger partial charge in [-0.1, -0.05) is 0 Å². The maximum absolute atomic E-state index is 4.69. The van der Waals surface area contributed by atoms with Crippen molar-refractivity contribution in [3.05, 3.63) is 11.3 Å². The van der Waals surface area contributed by atoms with Crippen LogP contribution < -0.4 is 10.2 Å². The molecule has 1 saturated carbocycles. The molecule has 0 aromatic carbocycles. The van der Waals surface area contributed by atoms with Crippen LogP contribution in [0.5, 0.6) is 0 Å². The molecule has 1 saturated heterocycles. The van der Waals surface area contributed by atoms with Crippen molar-refractivity contribution in [2.75, 3.05) is 31.6 Å². The normalized spacial score (nSPS) is 24.4. The summed E-state index contributed by atoms with van der Waals surface area (Å²) >= 11 is 0. The Labute approximate surface area is 128 Å². The number of nitrogens with zero attached hydrogens (tertiary/aromatic N) is 4. The van der Waals surface area contributed by atoms with E-state index in [1.807, 2.05) is 0 Å². The average Bonchev–Trinajstić information content (AvgIpc) is 3.20. The van der Waals surface area contributed by atoms with E-state index in [2.05, 4.69) is 47.7 Å². The number of hydrogen-bond acceptors (Lipinski definition) is 4. The second-order valence-electron chi connectivity index (χ2n) is 6.82. The van der Waals surface area contributed by atoms with Crippen LogP contribution in [-0.4, -0.2) is 53.4 Å². The Kier molecular flexibility index (Phi) is 4.22. The van der Waals surface area contributed by atoms with Gasteiger partial charge in [-0.15, -0.1) is 0 Å². The smallest absolute Gasteiger partial charge is 0.131 e. The number of aromatic nitrogens is 2.